The van der Waals surface area contributed by atoms with Crippen molar-refractivity contribution >= 4 is 35.3 Å². The van der Waals surface area contributed by atoms with Crippen molar-refractivity contribution in [3.8, 4) is 5.75 Å². The molecule has 2 rings (SSSR count). The van der Waals surface area contributed by atoms with Gasteiger partial charge in [0.05, 0.1) is 13.3 Å². The SMILES string of the molecule is COc1ccc(Cl)cc1/C=N\NC(=O)C(=O)Nc1ccc(F)cc1. The molecule has 0 bridgehead atoms. The van der Waals surface area contributed by atoms with E-state index in [-0.39, 0.29) is 5.69 Å². The molecule has 0 saturated heterocycles. The van der Waals surface area contributed by atoms with E-state index in [9.17, 15) is 14.0 Å². The maximum absolute atomic E-state index is 12.8. The largest absolute Gasteiger partial charge is 0.496 e. The number of benzene rings is 2. The van der Waals surface area contributed by atoms with Crippen LogP contribution in [0.1, 0.15) is 5.56 Å². The Labute approximate surface area is 142 Å². The Morgan fingerprint density at radius 2 is 1.88 bits per heavy atom. The number of methoxy groups -OCH3 is 1. The van der Waals surface area contributed by atoms with Gasteiger partial charge in [0.25, 0.3) is 0 Å². The topological polar surface area (TPSA) is 79.8 Å². The summed E-state index contributed by atoms with van der Waals surface area (Å²) in [5.74, 6) is -1.85. The number of carbonyl (C=O) groups is 2. The fourth-order valence-electron chi connectivity index (χ4n) is 1.74. The first-order valence-electron chi connectivity index (χ1n) is 6.73. The third kappa shape index (κ3) is 4.79. The molecule has 2 N–H and O–H groups in total. The van der Waals surface area contributed by atoms with Crippen LogP contribution in [0.4, 0.5) is 10.1 Å². The number of anilines is 1. The van der Waals surface area contributed by atoms with Crippen molar-refractivity contribution in [1.29, 1.82) is 0 Å². The molecule has 0 spiro atoms. The van der Waals surface area contributed by atoms with Crippen molar-refractivity contribution < 1.29 is 18.7 Å². The number of hydrazone groups is 1. The lowest BCUT2D eigenvalue weighted by atomic mass is 10.2. The molecule has 0 heterocycles. The van der Waals surface area contributed by atoms with E-state index in [0.717, 1.165) is 12.1 Å². The zero-order valence-electron chi connectivity index (χ0n) is 12.5. The molecule has 0 aliphatic heterocycles. The highest BCUT2D eigenvalue weighted by molar-refractivity contribution is 6.39. The summed E-state index contributed by atoms with van der Waals surface area (Å²) in [6, 6.07) is 9.88. The number of ether oxygens (including phenoxy) is 1. The molecule has 2 aromatic carbocycles. The molecule has 0 aromatic heterocycles. The number of amides is 2. The number of halogens is 2. The van der Waals surface area contributed by atoms with Gasteiger partial charge in [0, 0.05) is 16.3 Å². The van der Waals surface area contributed by atoms with E-state index < -0.39 is 17.6 Å². The molecule has 0 atom stereocenters. The van der Waals surface area contributed by atoms with Crippen LogP contribution in [0.2, 0.25) is 5.02 Å². The quantitative estimate of drug-likeness (QED) is 0.506. The van der Waals surface area contributed by atoms with Crippen LogP contribution in [-0.4, -0.2) is 25.1 Å². The predicted molar refractivity (Wildman–Crippen MR) is 88.8 cm³/mol. The van der Waals surface area contributed by atoms with Crippen LogP contribution in [-0.2, 0) is 9.59 Å². The van der Waals surface area contributed by atoms with Gasteiger partial charge in [0.15, 0.2) is 0 Å². The van der Waals surface area contributed by atoms with Gasteiger partial charge < -0.3 is 10.1 Å². The molecule has 0 radical (unpaired) electrons. The van der Waals surface area contributed by atoms with Crippen LogP contribution in [0.3, 0.4) is 0 Å². The van der Waals surface area contributed by atoms with Gasteiger partial charge in [0.1, 0.15) is 11.6 Å². The highest BCUT2D eigenvalue weighted by Gasteiger charge is 2.12. The van der Waals surface area contributed by atoms with E-state index in [4.69, 9.17) is 16.3 Å². The Kier molecular flexibility index (Phi) is 5.86. The molecule has 0 aliphatic rings. The summed E-state index contributed by atoms with van der Waals surface area (Å²) < 4.78 is 17.9. The van der Waals surface area contributed by atoms with E-state index in [1.54, 1.807) is 18.2 Å². The number of rotatable bonds is 4. The summed E-state index contributed by atoms with van der Waals surface area (Å²) in [4.78, 5) is 23.3. The van der Waals surface area contributed by atoms with E-state index in [0.29, 0.717) is 16.3 Å². The molecule has 0 unspecified atom stereocenters. The third-order valence-corrected chi connectivity index (χ3v) is 3.10. The van der Waals surface area contributed by atoms with Crippen LogP contribution in [0.5, 0.6) is 5.75 Å². The molecular formula is C16H13ClFN3O3. The Morgan fingerprint density at radius 3 is 2.54 bits per heavy atom. The number of nitrogens with one attached hydrogen (secondary N) is 2. The van der Waals surface area contributed by atoms with E-state index in [1.165, 1.54) is 25.5 Å². The van der Waals surface area contributed by atoms with Crippen molar-refractivity contribution in [2.24, 2.45) is 5.10 Å². The van der Waals surface area contributed by atoms with E-state index in [1.807, 2.05) is 0 Å². The summed E-state index contributed by atoms with van der Waals surface area (Å²) in [6.45, 7) is 0. The summed E-state index contributed by atoms with van der Waals surface area (Å²) in [6.07, 6.45) is 1.30. The second-order valence-electron chi connectivity index (χ2n) is 4.55. The van der Waals surface area contributed by atoms with Gasteiger partial charge in [-0.05, 0) is 42.5 Å². The van der Waals surface area contributed by atoms with Gasteiger partial charge in [-0.2, -0.15) is 5.10 Å². The van der Waals surface area contributed by atoms with E-state index in [2.05, 4.69) is 15.8 Å². The Morgan fingerprint density at radius 1 is 1.17 bits per heavy atom. The molecule has 0 saturated carbocycles. The minimum absolute atomic E-state index is 0.289. The summed E-state index contributed by atoms with van der Waals surface area (Å²) in [7, 11) is 1.48. The Bertz CT molecular complexity index is 779. The first-order valence-corrected chi connectivity index (χ1v) is 7.11. The van der Waals surface area contributed by atoms with Crippen molar-refractivity contribution in [2.45, 2.75) is 0 Å². The molecule has 124 valence electrons. The minimum Gasteiger partial charge on any atom is -0.496 e. The number of nitrogens with zero attached hydrogens (tertiary/aromatic N) is 1. The third-order valence-electron chi connectivity index (χ3n) is 2.87. The van der Waals surface area contributed by atoms with Crippen LogP contribution in [0, 0.1) is 5.82 Å². The van der Waals surface area contributed by atoms with Crippen LogP contribution < -0.4 is 15.5 Å². The van der Waals surface area contributed by atoms with Crippen LogP contribution in [0.25, 0.3) is 0 Å². The molecule has 8 heteroatoms. The van der Waals surface area contributed by atoms with Gasteiger partial charge in [-0.1, -0.05) is 11.6 Å². The first kappa shape index (κ1) is 17.4. The van der Waals surface area contributed by atoms with Gasteiger partial charge in [-0.3, -0.25) is 9.59 Å². The number of hydrogen-bond donors (Lipinski definition) is 2. The summed E-state index contributed by atoms with van der Waals surface area (Å²) in [5, 5.41) is 6.47. The second-order valence-corrected chi connectivity index (χ2v) is 4.98. The minimum atomic E-state index is -0.975. The maximum atomic E-state index is 12.8. The van der Waals surface area contributed by atoms with Gasteiger partial charge in [0.2, 0.25) is 0 Å². The van der Waals surface area contributed by atoms with E-state index >= 15 is 0 Å². The normalized spacial score (nSPS) is 10.5. The molecule has 24 heavy (non-hydrogen) atoms. The highest BCUT2D eigenvalue weighted by atomic mass is 35.5. The predicted octanol–water partition coefficient (Wildman–Crippen LogP) is 2.58. The van der Waals surface area contributed by atoms with Crippen molar-refractivity contribution in [3.63, 3.8) is 0 Å². The van der Waals surface area contributed by atoms with Gasteiger partial charge in [-0.15, -0.1) is 0 Å². The van der Waals surface area contributed by atoms with Crippen molar-refractivity contribution in [2.75, 3.05) is 12.4 Å². The Hall–Kier alpha value is -2.93. The fraction of sp³-hybridized carbons (Fsp3) is 0.0625. The summed E-state index contributed by atoms with van der Waals surface area (Å²) in [5.41, 5.74) is 2.90. The molecular weight excluding hydrogens is 337 g/mol. The lowest BCUT2D eigenvalue weighted by molar-refractivity contribution is -0.136. The average Bonchev–Trinajstić information content (AvgIpc) is 2.57. The number of carbonyl (C=O) groups excluding carboxylic acids is 2. The van der Waals surface area contributed by atoms with Crippen LogP contribution >= 0.6 is 11.6 Å². The standard InChI is InChI=1S/C16H13ClFN3O3/c1-24-14-7-2-11(17)8-10(14)9-19-21-16(23)15(22)20-13-5-3-12(18)4-6-13/h2-9H,1H3,(H,20,22)(H,21,23)/b19-9-. The fourth-order valence-corrected chi connectivity index (χ4v) is 1.92. The lowest BCUT2D eigenvalue weighted by Gasteiger charge is -2.05. The zero-order valence-corrected chi connectivity index (χ0v) is 13.3. The molecule has 2 amide bonds. The van der Waals surface area contributed by atoms with Gasteiger partial charge in [-0.25, -0.2) is 9.82 Å². The molecule has 6 nitrogen and oxygen atoms in total. The van der Waals surface area contributed by atoms with Crippen molar-refractivity contribution in [1.82, 2.24) is 5.43 Å². The van der Waals surface area contributed by atoms with Crippen LogP contribution in [0.15, 0.2) is 47.6 Å². The summed E-state index contributed by atoms with van der Waals surface area (Å²) >= 11 is 5.87. The smallest absolute Gasteiger partial charge is 0.329 e. The average molecular weight is 350 g/mol. The second kappa shape index (κ2) is 8.07. The molecule has 0 aliphatic carbocycles. The molecule has 2 aromatic rings. The van der Waals surface area contributed by atoms with Crippen molar-refractivity contribution in [3.05, 3.63) is 58.9 Å². The van der Waals surface area contributed by atoms with Gasteiger partial charge >= 0.3 is 11.8 Å². The first-order chi connectivity index (χ1) is 11.5. The molecule has 0 fully saturated rings. The lowest BCUT2D eigenvalue weighted by Crippen LogP contribution is -2.32. The maximum Gasteiger partial charge on any atom is 0.329 e. The monoisotopic (exact) mass is 349 g/mol. The highest BCUT2D eigenvalue weighted by Crippen LogP contribution is 2.20. The Balaban J connectivity index is 1.96. The zero-order chi connectivity index (χ0) is 17.5. The number of hydrogen-bond acceptors (Lipinski definition) is 4.